The van der Waals surface area contributed by atoms with E-state index in [0.717, 1.165) is 10.5 Å². The van der Waals surface area contributed by atoms with Crippen LogP contribution in [-0.2, 0) is 15.3 Å². The Morgan fingerprint density at radius 3 is 2.66 bits per heavy atom. The molecule has 8 nitrogen and oxygen atoms in total. The van der Waals surface area contributed by atoms with Crippen LogP contribution in [0, 0.1) is 0 Å². The van der Waals surface area contributed by atoms with Crippen LogP contribution in [0.15, 0.2) is 51.7 Å². The van der Waals surface area contributed by atoms with Gasteiger partial charge in [0.2, 0.25) is 11.0 Å². The SMILES string of the molecule is COC(=O)c1ccc(CSc2nnc(NC(=O)c3ccc4c(c3)NC(=O)[C@H](C)S4)s2)cc1. The lowest BCUT2D eigenvalue weighted by Gasteiger charge is -2.21. The van der Waals surface area contributed by atoms with Gasteiger partial charge >= 0.3 is 5.97 Å². The van der Waals surface area contributed by atoms with Crippen molar-refractivity contribution in [3.05, 3.63) is 59.2 Å². The summed E-state index contributed by atoms with van der Waals surface area (Å²) in [5.41, 5.74) is 2.58. The zero-order chi connectivity index (χ0) is 22.7. The molecule has 2 amide bonds. The van der Waals surface area contributed by atoms with Crippen LogP contribution in [0.1, 0.15) is 33.2 Å². The van der Waals surface area contributed by atoms with Gasteiger partial charge in [0.1, 0.15) is 0 Å². The summed E-state index contributed by atoms with van der Waals surface area (Å²) in [6.07, 6.45) is 0. The lowest BCUT2D eigenvalue weighted by atomic mass is 10.1. The van der Waals surface area contributed by atoms with Gasteiger partial charge in [-0.15, -0.1) is 22.0 Å². The van der Waals surface area contributed by atoms with Gasteiger partial charge < -0.3 is 10.1 Å². The summed E-state index contributed by atoms with van der Waals surface area (Å²) in [4.78, 5) is 36.9. The minimum Gasteiger partial charge on any atom is -0.465 e. The molecule has 3 aromatic rings. The third-order valence-corrected chi connectivity index (χ3v) is 7.76. The summed E-state index contributed by atoms with van der Waals surface area (Å²) >= 11 is 4.23. The Bertz CT molecular complexity index is 1180. The molecule has 0 aliphatic carbocycles. The molecule has 2 N–H and O–H groups in total. The Labute approximate surface area is 196 Å². The number of hydrogen-bond acceptors (Lipinski definition) is 9. The van der Waals surface area contributed by atoms with Crippen molar-refractivity contribution < 1.29 is 19.1 Å². The number of hydrogen-bond donors (Lipinski definition) is 2. The van der Waals surface area contributed by atoms with E-state index in [4.69, 9.17) is 4.74 Å². The van der Waals surface area contributed by atoms with Crippen LogP contribution in [0.2, 0.25) is 0 Å². The maximum Gasteiger partial charge on any atom is 0.337 e. The molecule has 0 radical (unpaired) electrons. The van der Waals surface area contributed by atoms with Crippen LogP contribution in [0.5, 0.6) is 0 Å². The smallest absolute Gasteiger partial charge is 0.337 e. The summed E-state index contributed by atoms with van der Waals surface area (Å²) < 4.78 is 5.40. The second-order valence-corrected chi connectivity index (χ2v) is 10.3. The molecule has 32 heavy (non-hydrogen) atoms. The maximum atomic E-state index is 12.6. The largest absolute Gasteiger partial charge is 0.465 e. The third kappa shape index (κ3) is 5.12. The molecule has 2 heterocycles. The summed E-state index contributed by atoms with van der Waals surface area (Å²) in [5, 5.41) is 13.9. The van der Waals surface area contributed by atoms with E-state index in [-0.39, 0.29) is 23.0 Å². The average molecular weight is 487 g/mol. The highest BCUT2D eigenvalue weighted by atomic mass is 32.2. The van der Waals surface area contributed by atoms with Crippen molar-refractivity contribution in [3.63, 3.8) is 0 Å². The molecule has 0 bridgehead atoms. The number of aromatic nitrogens is 2. The van der Waals surface area contributed by atoms with Gasteiger partial charge in [0, 0.05) is 16.2 Å². The lowest BCUT2D eigenvalue weighted by Crippen LogP contribution is -2.26. The predicted octanol–water partition coefficient (Wildman–Crippen LogP) is 4.30. The number of fused-ring (bicyclic) bond motifs is 1. The fourth-order valence-electron chi connectivity index (χ4n) is 2.84. The number of thioether (sulfide) groups is 2. The Morgan fingerprint density at radius 1 is 1.16 bits per heavy atom. The zero-order valence-corrected chi connectivity index (χ0v) is 19.5. The number of esters is 1. The molecule has 2 aromatic carbocycles. The van der Waals surface area contributed by atoms with Crippen LogP contribution in [-0.4, -0.2) is 40.3 Å². The molecule has 1 aliphatic rings. The first kappa shape index (κ1) is 22.3. The molecule has 0 fully saturated rings. The first-order valence-electron chi connectivity index (χ1n) is 9.49. The lowest BCUT2D eigenvalue weighted by molar-refractivity contribution is -0.115. The van der Waals surface area contributed by atoms with E-state index >= 15 is 0 Å². The molecule has 0 saturated heterocycles. The molecule has 1 atom stereocenters. The first-order chi connectivity index (χ1) is 15.4. The van der Waals surface area contributed by atoms with Crippen molar-refractivity contribution in [2.45, 2.75) is 27.2 Å². The summed E-state index contributed by atoms with van der Waals surface area (Å²) in [6, 6.07) is 12.4. The fourth-order valence-corrected chi connectivity index (χ4v) is 5.47. The Hall–Kier alpha value is -2.89. The Balaban J connectivity index is 1.35. The highest BCUT2D eigenvalue weighted by Crippen LogP contribution is 2.36. The standard InChI is InChI=1S/C21H18N4O4S3/c1-11-17(26)22-15-9-14(7-8-16(15)31-11)18(27)23-20-24-25-21(32-20)30-10-12-3-5-13(6-4-12)19(28)29-2/h3-9,11H,10H2,1-2H3,(H,22,26)(H,23,24,27)/t11-/m0/s1. The quantitative estimate of drug-likeness (QED) is 0.301. The van der Waals surface area contributed by atoms with Crippen molar-refractivity contribution in [1.82, 2.24) is 10.2 Å². The molecule has 1 aromatic heterocycles. The van der Waals surface area contributed by atoms with Gasteiger partial charge in [-0.3, -0.25) is 14.9 Å². The number of benzene rings is 2. The molecule has 1 aliphatic heterocycles. The normalized spacial score (nSPS) is 14.9. The van der Waals surface area contributed by atoms with Crippen LogP contribution >= 0.6 is 34.9 Å². The highest BCUT2D eigenvalue weighted by molar-refractivity contribution is 8.01. The molecular weight excluding hydrogens is 468 g/mol. The predicted molar refractivity (Wildman–Crippen MR) is 126 cm³/mol. The van der Waals surface area contributed by atoms with Gasteiger partial charge in [-0.05, 0) is 42.8 Å². The van der Waals surface area contributed by atoms with E-state index in [0.29, 0.717) is 32.0 Å². The molecular formula is C21H18N4O4S3. The van der Waals surface area contributed by atoms with Crippen LogP contribution in [0.4, 0.5) is 10.8 Å². The van der Waals surface area contributed by atoms with Crippen molar-refractivity contribution in [1.29, 1.82) is 0 Å². The van der Waals surface area contributed by atoms with Gasteiger partial charge in [-0.25, -0.2) is 4.79 Å². The van der Waals surface area contributed by atoms with Crippen LogP contribution in [0.3, 0.4) is 0 Å². The van der Waals surface area contributed by atoms with E-state index < -0.39 is 0 Å². The van der Waals surface area contributed by atoms with Gasteiger partial charge in [0.25, 0.3) is 5.91 Å². The van der Waals surface area contributed by atoms with Crippen molar-refractivity contribution in [3.8, 4) is 0 Å². The van der Waals surface area contributed by atoms with Crippen LogP contribution in [0.25, 0.3) is 0 Å². The zero-order valence-electron chi connectivity index (χ0n) is 17.1. The van der Waals surface area contributed by atoms with E-state index in [1.54, 1.807) is 24.3 Å². The first-order valence-corrected chi connectivity index (χ1v) is 12.2. The molecule has 164 valence electrons. The molecule has 11 heteroatoms. The summed E-state index contributed by atoms with van der Waals surface area (Å²) in [7, 11) is 1.35. The number of amides is 2. The van der Waals surface area contributed by atoms with Crippen molar-refractivity contribution >= 4 is 63.5 Å². The topological polar surface area (TPSA) is 110 Å². The molecule has 0 saturated carbocycles. The fraction of sp³-hybridized carbons (Fsp3) is 0.190. The number of carbonyl (C=O) groups excluding carboxylic acids is 3. The summed E-state index contributed by atoms with van der Waals surface area (Å²) in [6.45, 7) is 1.84. The van der Waals surface area contributed by atoms with Gasteiger partial charge in [0.15, 0.2) is 4.34 Å². The number of rotatable bonds is 6. The number of methoxy groups -OCH3 is 1. The summed E-state index contributed by atoms with van der Waals surface area (Å²) in [5.74, 6) is -0.129. The van der Waals surface area contributed by atoms with Gasteiger partial charge in [-0.1, -0.05) is 35.2 Å². The number of anilines is 2. The van der Waals surface area contributed by atoms with E-state index in [9.17, 15) is 14.4 Å². The second-order valence-electron chi connectivity index (χ2n) is 6.76. The monoisotopic (exact) mass is 486 g/mol. The Morgan fingerprint density at radius 2 is 1.91 bits per heavy atom. The number of nitrogens with zero attached hydrogens (tertiary/aromatic N) is 2. The number of nitrogens with one attached hydrogen (secondary N) is 2. The van der Waals surface area contributed by atoms with E-state index in [2.05, 4.69) is 20.8 Å². The Kier molecular flexibility index (Phi) is 6.77. The van der Waals surface area contributed by atoms with E-state index in [1.807, 2.05) is 25.1 Å². The highest BCUT2D eigenvalue weighted by Gasteiger charge is 2.24. The third-order valence-electron chi connectivity index (χ3n) is 4.54. The van der Waals surface area contributed by atoms with Gasteiger partial charge in [-0.2, -0.15) is 0 Å². The minimum absolute atomic E-state index is 0.0780. The molecule has 4 rings (SSSR count). The maximum absolute atomic E-state index is 12.6. The molecule has 0 unspecified atom stereocenters. The number of ether oxygens (including phenoxy) is 1. The van der Waals surface area contributed by atoms with E-state index in [1.165, 1.54) is 42.0 Å². The van der Waals surface area contributed by atoms with Gasteiger partial charge in [0.05, 0.1) is 23.6 Å². The second kappa shape index (κ2) is 9.72. The molecule has 0 spiro atoms. The minimum atomic E-state index is -0.372. The number of carbonyl (C=O) groups is 3. The van der Waals surface area contributed by atoms with Crippen LogP contribution < -0.4 is 10.6 Å². The van der Waals surface area contributed by atoms with Crippen molar-refractivity contribution in [2.24, 2.45) is 0 Å². The average Bonchev–Trinajstić information content (AvgIpc) is 3.25. The van der Waals surface area contributed by atoms with Crippen molar-refractivity contribution in [2.75, 3.05) is 17.7 Å².